The van der Waals surface area contributed by atoms with E-state index in [-0.39, 0.29) is 0 Å². The third kappa shape index (κ3) is 3.88. The van der Waals surface area contributed by atoms with Crippen LogP contribution in [0.15, 0.2) is 54.6 Å². The van der Waals surface area contributed by atoms with Crippen LogP contribution in [0.1, 0.15) is 23.5 Å². The molecule has 5 heteroatoms. The van der Waals surface area contributed by atoms with Crippen molar-refractivity contribution in [1.29, 1.82) is 0 Å². The Balaban J connectivity index is 1.30. The zero-order chi connectivity index (χ0) is 18.1. The monoisotopic (exact) mass is 360 g/mol. The van der Waals surface area contributed by atoms with Crippen molar-refractivity contribution >= 4 is 5.69 Å². The minimum absolute atomic E-state index is 0.568. The van der Waals surface area contributed by atoms with Crippen LogP contribution in [0, 0.1) is 5.92 Å². The van der Waals surface area contributed by atoms with Crippen molar-refractivity contribution in [3.63, 3.8) is 0 Å². The Morgan fingerprint density at radius 1 is 0.885 bits per heavy atom. The van der Waals surface area contributed by atoms with Crippen LogP contribution in [0.5, 0.6) is 0 Å². The molecule has 0 bridgehead atoms. The molecule has 0 N–H and O–H groups in total. The molecule has 0 amide bonds. The number of piperazine rings is 1. The molecule has 0 spiro atoms. The lowest BCUT2D eigenvalue weighted by atomic mass is 10.1. The molecule has 26 heavy (non-hydrogen) atoms. The van der Waals surface area contributed by atoms with Gasteiger partial charge in [0.05, 0.1) is 5.56 Å². The van der Waals surface area contributed by atoms with Crippen LogP contribution in [-0.4, -0.2) is 37.6 Å². The van der Waals surface area contributed by atoms with Crippen LogP contribution in [-0.2, 0) is 6.18 Å². The average Bonchev–Trinajstić information content (AvgIpc) is 3.42. The Labute approximate surface area is 152 Å². The molecule has 2 nitrogen and oxygen atoms in total. The van der Waals surface area contributed by atoms with Gasteiger partial charge in [-0.25, -0.2) is 0 Å². The summed E-state index contributed by atoms with van der Waals surface area (Å²) >= 11 is 0. The van der Waals surface area contributed by atoms with Crippen molar-refractivity contribution in [2.75, 3.05) is 37.6 Å². The summed E-state index contributed by atoms with van der Waals surface area (Å²) in [6, 6.07) is 16.3. The van der Waals surface area contributed by atoms with E-state index in [1.54, 1.807) is 6.07 Å². The summed E-state index contributed by atoms with van der Waals surface area (Å²) in [6.07, 6.45) is -3.03. The maximum atomic E-state index is 12.9. The van der Waals surface area contributed by atoms with Gasteiger partial charge in [-0.3, -0.25) is 4.90 Å². The summed E-state index contributed by atoms with van der Waals surface area (Å²) < 4.78 is 38.7. The minimum atomic E-state index is -4.28. The predicted molar refractivity (Wildman–Crippen MR) is 97.4 cm³/mol. The first-order valence-electron chi connectivity index (χ1n) is 9.20. The van der Waals surface area contributed by atoms with Crippen molar-refractivity contribution in [3.05, 3.63) is 65.7 Å². The number of anilines is 1. The summed E-state index contributed by atoms with van der Waals surface area (Å²) in [5, 5.41) is 0. The van der Waals surface area contributed by atoms with Gasteiger partial charge >= 0.3 is 6.18 Å². The largest absolute Gasteiger partial charge is 0.416 e. The first-order chi connectivity index (χ1) is 12.5. The van der Waals surface area contributed by atoms with Crippen molar-refractivity contribution in [3.8, 4) is 0 Å². The molecule has 0 unspecified atom stereocenters. The molecule has 1 saturated heterocycles. The molecular weight excluding hydrogens is 337 g/mol. The maximum Gasteiger partial charge on any atom is 0.416 e. The highest BCUT2D eigenvalue weighted by atomic mass is 19.4. The van der Waals surface area contributed by atoms with Gasteiger partial charge in [0.25, 0.3) is 0 Å². The Hall–Kier alpha value is -2.01. The quantitative estimate of drug-likeness (QED) is 0.784. The van der Waals surface area contributed by atoms with Gasteiger partial charge in [0.15, 0.2) is 0 Å². The van der Waals surface area contributed by atoms with E-state index in [0.717, 1.165) is 44.7 Å². The molecule has 1 aliphatic heterocycles. The molecule has 0 aromatic heterocycles. The molecule has 2 aromatic carbocycles. The van der Waals surface area contributed by atoms with Crippen LogP contribution >= 0.6 is 0 Å². The van der Waals surface area contributed by atoms with E-state index in [9.17, 15) is 13.2 Å². The van der Waals surface area contributed by atoms with Crippen LogP contribution in [0.3, 0.4) is 0 Å². The molecule has 2 atom stereocenters. The molecular formula is C21H23F3N2. The van der Waals surface area contributed by atoms with Crippen molar-refractivity contribution in [2.45, 2.75) is 18.5 Å². The number of rotatable bonds is 4. The van der Waals surface area contributed by atoms with Gasteiger partial charge in [0.1, 0.15) is 0 Å². The van der Waals surface area contributed by atoms with E-state index >= 15 is 0 Å². The third-order valence-corrected chi connectivity index (χ3v) is 5.55. The van der Waals surface area contributed by atoms with Crippen molar-refractivity contribution in [1.82, 2.24) is 4.90 Å². The molecule has 4 rings (SSSR count). The van der Waals surface area contributed by atoms with Gasteiger partial charge in [0, 0.05) is 38.4 Å². The average molecular weight is 360 g/mol. The second-order valence-corrected chi connectivity index (χ2v) is 7.35. The lowest BCUT2D eigenvalue weighted by Crippen LogP contribution is -2.47. The SMILES string of the molecule is FC(F)(F)c1cccc(N2CCN(C[C@@H]3C[C@@H]3c3ccccc3)CC2)c1. The Morgan fingerprint density at radius 2 is 1.62 bits per heavy atom. The number of halogens is 3. The smallest absolute Gasteiger partial charge is 0.369 e. The van der Waals surface area contributed by atoms with E-state index in [1.807, 2.05) is 6.07 Å². The van der Waals surface area contributed by atoms with E-state index in [0.29, 0.717) is 11.6 Å². The van der Waals surface area contributed by atoms with Gasteiger partial charge in [-0.1, -0.05) is 36.4 Å². The molecule has 2 aliphatic rings. The minimum Gasteiger partial charge on any atom is -0.369 e. The maximum absolute atomic E-state index is 12.9. The first kappa shape index (κ1) is 17.4. The molecule has 0 radical (unpaired) electrons. The second-order valence-electron chi connectivity index (χ2n) is 7.35. The number of hydrogen-bond acceptors (Lipinski definition) is 2. The van der Waals surface area contributed by atoms with Crippen LogP contribution in [0.4, 0.5) is 18.9 Å². The van der Waals surface area contributed by atoms with Crippen molar-refractivity contribution < 1.29 is 13.2 Å². The summed E-state index contributed by atoms with van der Waals surface area (Å²) in [5.74, 6) is 1.40. The molecule has 138 valence electrons. The van der Waals surface area contributed by atoms with Crippen LogP contribution in [0.25, 0.3) is 0 Å². The number of hydrogen-bond donors (Lipinski definition) is 0. The van der Waals surface area contributed by atoms with Gasteiger partial charge in [0.2, 0.25) is 0 Å². The lowest BCUT2D eigenvalue weighted by Gasteiger charge is -2.36. The zero-order valence-corrected chi connectivity index (χ0v) is 14.6. The highest BCUT2D eigenvalue weighted by Crippen LogP contribution is 2.47. The Morgan fingerprint density at radius 3 is 2.31 bits per heavy atom. The van der Waals surface area contributed by atoms with Gasteiger partial charge in [-0.05, 0) is 42.0 Å². The summed E-state index contributed by atoms with van der Waals surface area (Å²) in [7, 11) is 0. The second kappa shape index (κ2) is 6.95. The Bertz CT molecular complexity index is 736. The predicted octanol–water partition coefficient (Wildman–Crippen LogP) is 4.63. The Kier molecular flexibility index (Phi) is 4.65. The first-order valence-corrected chi connectivity index (χ1v) is 9.20. The van der Waals surface area contributed by atoms with E-state index in [4.69, 9.17) is 0 Å². The molecule has 1 heterocycles. The summed E-state index contributed by atoms with van der Waals surface area (Å²) in [6.45, 7) is 4.48. The van der Waals surface area contributed by atoms with E-state index in [1.165, 1.54) is 24.1 Å². The van der Waals surface area contributed by atoms with E-state index < -0.39 is 11.7 Å². The highest BCUT2D eigenvalue weighted by Gasteiger charge is 2.39. The van der Waals surface area contributed by atoms with E-state index in [2.05, 4.69) is 34.1 Å². The fourth-order valence-corrected chi connectivity index (χ4v) is 3.96. The normalized spacial score (nSPS) is 23.9. The summed E-state index contributed by atoms with van der Waals surface area (Å²) in [4.78, 5) is 4.52. The van der Waals surface area contributed by atoms with Crippen LogP contribution < -0.4 is 4.90 Å². The fraction of sp³-hybridized carbons (Fsp3) is 0.429. The molecule has 1 aliphatic carbocycles. The van der Waals surface area contributed by atoms with Gasteiger partial charge in [-0.15, -0.1) is 0 Å². The number of benzene rings is 2. The van der Waals surface area contributed by atoms with Gasteiger partial charge in [-0.2, -0.15) is 13.2 Å². The summed E-state index contributed by atoms with van der Waals surface area (Å²) in [5.41, 5.74) is 1.54. The third-order valence-electron chi connectivity index (χ3n) is 5.55. The topological polar surface area (TPSA) is 6.48 Å². The van der Waals surface area contributed by atoms with Crippen molar-refractivity contribution in [2.24, 2.45) is 5.92 Å². The van der Waals surface area contributed by atoms with Crippen LogP contribution in [0.2, 0.25) is 0 Å². The molecule has 1 saturated carbocycles. The molecule has 2 fully saturated rings. The lowest BCUT2D eigenvalue weighted by molar-refractivity contribution is -0.137. The number of nitrogens with zero attached hydrogens (tertiary/aromatic N) is 2. The standard InChI is InChI=1S/C21H23F3N2/c22-21(23,24)18-7-4-8-19(14-18)26-11-9-25(10-12-26)15-17-13-20(17)16-5-2-1-3-6-16/h1-8,14,17,20H,9-13,15H2/t17-,20+/m0/s1. The number of alkyl halides is 3. The molecule has 2 aromatic rings. The zero-order valence-electron chi connectivity index (χ0n) is 14.6. The highest BCUT2D eigenvalue weighted by molar-refractivity contribution is 5.49. The fourth-order valence-electron chi connectivity index (χ4n) is 3.96. The van der Waals surface area contributed by atoms with Gasteiger partial charge < -0.3 is 4.90 Å².